The van der Waals surface area contributed by atoms with Gasteiger partial charge in [0.1, 0.15) is 11.1 Å². The zero-order chi connectivity index (χ0) is 27.8. The summed E-state index contributed by atoms with van der Waals surface area (Å²) in [5.74, 6) is -0.184. The zero-order valence-electron chi connectivity index (χ0n) is 22.5. The third-order valence-electron chi connectivity index (χ3n) is 6.67. The first kappa shape index (κ1) is 27.5. The van der Waals surface area contributed by atoms with Gasteiger partial charge in [0.25, 0.3) is 17.3 Å². The van der Waals surface area contributed by atoms with Crippen LogP contribution in [0.1, 0.15) is 63.1 Å². The summed E-state index contributed by atoms with van der Waals surface area (Å²) in [6.07, 6.45) is 7.84. The van der Waals surface area contributed by atoms with E-state index in [1.807, 2.05) is 24.4 Å². The summed E-state index contributed by atoms with van der Waals surface area (Å²) < 4.78 is 7.23. The summed E-state index contributed by atoms with van der Waals surface area (Å²) in [4.78, 5) is 29.7. The number of nitrogens with zero attached hydrogens (tertiary/aromatic N) is 5. The number of nitriles is 1. The van der Waals surface area contributed by atoms with Crippen molar-refractivity contribution in [1.29, 1.82) is 5.26 Å². The number of nitrogens with one attached hydrogen (secondary N) is 1. The number of pyridine rings is 2. The van der Waals surface area contributed by atoms with Crippen LogP contribution in [0.2, 0.25) is 0 Å². The van der Waals surface area contributed by atoms with E-state index in [0.717, 1.165) is 24.8 Å². The number of aromatic nitrogens is 4. The van der Waals surface area contributed by atoms with Crippen molar-refractivity contribution in [3.63, 3.8) is 0 Å². The fourth-order valence-corrected chi connectivity index (χ4v) is 3.95. The first-order valence-electron chi connectivity index (χ1n) is 13.0. The van der Waals surface area contributed by atoms with Gasteiger partial charge in [0.2, 0.25) is 0 Å². The minimum Gasteiger partial charge on any atom is -0.475 e. The fraction of sp³-hybridized carbons (Fsp3) is 0.333. The predicted molar refractivity (Wildman–Crippen MR) is 152 cm³/mol. The number of benzene rings is 1. The Hall–Kier alpha value is -4.58. The molecule has 1 aliphatic carbocycles. The minimum absolute atomic E-state index is 0. The molecule has 1 aromatic carbocycles. The van der Waals surface area contributed by atoms with Crippen molar-refractivity contribution in [1.82, 2.24) is 25.1 Å². The summed E-state index contributed by atoms with van der Waals surface area (Å²) in [7, 11) is 1.59. The third kappa shape index (κ3) is 7.05. The number of carbonyl (C=O) groups excluding carboxylic acids is 1. The van der Waals surface area contributed by atoms with Crippen molar-refractivity contribution in [2.24, 2.45) is 12.5 Å². The maximum absolute atomic E-state index is 12.8. The van der Waals surface area contributed by atoms with Crippen LogP contribution in [0.25, 0.3) is 10.9 Å². The molecule has 1 amide bonds. The second-order valence-corrected chi connectivity index (χ2v) is 10.0. The van der Waals surface area contributed by atoms with E-state index in [1.165, 1.54) is 28.9 Å². The number of hydrogen-bond donors (Lipinski definition) is 1. The fourth-order valence-electron chi connectivity index (χ4n) is 3.95. The monoisotopic (exact) mass is 528 g/mol. The Balaban J connectivity index is 0.000000459. The number of ether oxygens (including phenoxy) is 1. The molecule has 1 fully saturated rings. The molecule has 5 rings (SSSR count). The van der Waals surface area contributed by atoms with Crippen molar-refractivity contribution < 1.29 is 12.4 Å². The number of fused-ring (bicyclic) bond motifs is 1. The van der Waals surface area contributed by atoms with E-state index in [4.69, 9.17) is 10.00 Å². The van der Waals surface area contributed by atoms with E-state index >= 15 is 0 Å². The number of carbonyl (C=O) groups is 1. The first-order valence-corrected chi connectivity index (χ1v) is 13.0. The van der Waals surface area contributed by atoms with Crippen LogP contribution in [0.15, 0.2) is 65.7 Å². The van der Waals surface area contributed by atoms with Gasteiger partial charge in [-0.25, -0.2) is 0 Å². The first-order chi connectivity index (χ1) is 18.8. The summed E-state index contributed by atoms with van der Waals surface area (Å²) in [5, 5.41) is 20.2. The molecule has 3 heterocycles. The lowest BCUT2D eigenvalue weighted by molar-refractivity contribution is 0.0949. The van der Waals surface area contributed by atoms with Gasteiger partial charge in [-0.2, -0.15) is 10.4 Å². The van der Waals surface area contributed by atoms with Crippen LogP contribution < -0.4 is 15.6 Å². The van der Waals surface area contributed by atoms with E-state index in [9.17, 15) is 9.59 Å². The number of aryl methyl sites for hydroxylation is 2. The lowest BCUT2D eigenvalue weighted by Crippen LogP contribution is -2.32. The molecule has 9 nitrogen and oxygen atoms in total. The highest BCUT2D eigenvalue weighted by molar-refractivity contribution is 5.97. The smallest absolute Gasteiger partial charge is 0.263 e. The third-order valence-corrected chi connectivity index (χ3v) is 6.67. The van der Waals surface area contributed by atoms with Crippen LogP contribution in [0.4, 0.5) is 0 Å². The van der Waals surface area contributed by atoms with Gasteiger partial charge < -0.3 is 14.6 Å². The standard InChI is InChI=1S/C22H21N5O3.C8H11N.2H2/c1-22(7-8-22)13-30-20-18-16(12-25-26-20)9-17(21(29)27(18)2)19(28)24-11-15-5-3-14(10-23)4-6-15;1-2-5-8-6-3-4-7-9-8;;/h3-6,9,12H,7-8,11,13H2,1-2H3,(H,24,28);3-4,6-7H,2,5H2,1H3;2*1H. The molecule has 0 bridgehead atoms. The van der Waals surface area contributed by atoms with E-state index in [2.05, 4.69) is 40.4 Å². The topological polar surface area (TPSA) is 123 Å². The van der Waals surface area contributed by atoms with Gasteiger partial charge in [-0.1, -0.05) is 38.5 Å². The summed E-state index contributed by atoms with van der Waals surface area (Å²) >= 11 is 0. The van der Waals surface area contributed by atoms with E-state index in [-0.39, 0.29) is 20.4 Å². The highest BCUT2D eigenvalue weighted by atomic mass is 16.5. The van der Waals surface area contributed by atoms with Gasteiger partial charge in [-0.3, -0.25) is 14.6 Å². The Morgan fingerprint density at radius 3 is 2.64 bits per heavy atom. The Bertz CT molecular complexity index is 1550. The van der Waals surface area contributed by atoms with Crippen molar-refractivity contribution in [2.75, 3.05) is 6.61 Å². The molecule has 9 heteroatoms. The Morgan fingerprint density at radius 2 is 2.00 bits per heavy atom. The molecular formula is C30H36N6O3. The molecule has 0 radical (unpaired) electrons. The van der Waals surface area contributed by atoms with Crippen molar-refractivity contribution in [2.45, 2.75) is 46.1 Å². The van der Waals surface area contributed by atoms with Crippen LogP contribution >= 0.6 is 0 Å². The molecule has 0 saturated heterocycles. The summed E-state index contributed by atoms with van der Waals surface area (Å²) in [6.45, 7) is 5.06. The SMILES string of the molecule is CCCc1ccccn1.Cn1c(=O)c(C(=O)NCc2ccc(C#N)cc2)cc2cnnc(OCC3(C)CC3)c21.[HH].[HH]. The number of hydrogen-bond acceptors (Lipinski definition) is 7. The molecule has 1 aliphatic rings. The Labute approximate surface area is 230 Å². The van der Waals surface area contributed by atoms with Gasteiger partial charge in [-0.15, -0.1) is 5.10 Å². The number of amides is 1. The molecule has 39 heavy (non-hydrogen) atoms. The predicted octanol–water partition coefficient (Wildman–Crippen LogP) is 4.84. The second kappa shape index (κ2) is 12.3. The highest BCUT2D eigenvalue weighted by Gasteiger charge is 2.38. The maximum atomic E-state index is 12.8. The van der Waals surface area contributed by atoms with Crippen molar-refractivity contribution >= 4 is 16.8 Å². The van der Waals surface area contributed by atoms with Crippen molar-refractivity contribution in [3.8, 4) is 11.9 Å². The molecule has 4 aromatic rings. The average molecular weight is 529 g/mol. The zero-order valence-corrected chi connectivity index (χ0v) is 22.5. The minimum atomic E-state index is -0.480. The van der Waals surface area contributed by atoms with Gasteiger partial charge in [0.05, 0.1) is 24.4 Å². The molecule has 0 unspecified atom stereocenters. The van der Waals surface area contributed by atoms with Crippen LogP contribution in [-0.4, -0.2) is 32.3 Å². The van der Waals surface area contributed by atoms with E-state index in [0.29, 0.717) is 29.0 Å². The second-order valence-electron chi connectivity index (χ2n) is 10.0. The molecular weight excluding hydrogens is 492 g/mol. The molecule has 0 aliphatic heterocycles. The normalized spacial score (nSPS) is 13.1. The quantitative estimate of drug-likeness (QED) is 0.347. The highest BCUT2D eigenvalue weighted by Crippen LogP contribution is 2.45. The Kier molecular flexibility index (Phi) is 8.67. The summed E-state index contributed by atoms with van der Waals surface area (Å²) in [5.41, 5.74) is 2.83. The van der Waals surface area contributed by atoms with E-state index < -0.39 is 11.5 Å². The van der Waals surface area contributed by atoms with E-state index in [1.54, 1.807) is 31.3 Å². The summed E-state index contributed by atoms with van der Waals surface area (Å²) in [6, 6.07) is 16.5. The van der Waals surface area contributed by atoms with Crippen LogP contribution in [-0.2, 0) is 20.0 Å². The van der Waals surface area contributed by atoms with Gasteiger partial charge in [0.15, 0.2) is 0 Å². The Morgan fingerprint density at radius 1 is 1.23 bits per heavy atom. The maximum Gasteiger partial charge on any atom is 0.263 e. The number of rotatable bonds is 8. The van der Waals surface area contributed by atoms with Crippen molar-refractivity contribution in [3.05, 3.63) is 93.7 Å². The lowest BCUT2D eigenvalue weighted by Gasteiger charge is -2.14. The molecule has 0 atom stereocenters. The van der Waals surface area contributed by atoms with Crippen LogP contribution in [0.5, 0.6) is 5.88 Å². The van der Waals surface area contributed by atoms with Gasteiger partial charge in [0, 0.05) is 39.1 Å². The average Bonchev–Trinajstić information content (AvgIpc) is 3.71. The molecule has 204 valence electrons. The lowest BCUT2D eigenvalue weighted by atomic mass is 10.1. The molecule has 3 aromatic heterocycles. The van der Waals surface area contributed by atoms with Gasteiger partial charge in [-0.05, 0) is 55.2 Å². The largest absolute Gasteiger partial charge is 0.475 e. The molecule has 1 saturated carbocycles. The van der Waals surface area contributed by atoms with Gasteiger partial charge >= 0.3 is 0 Å². The molecule has 0 spiro atoms. The van der Waals surface area contributed by atoms with Crippen LogP contribution in [0.3, 0.4) is 0 Å². The van der Waals surface area contributed by atoms with Crippen LogP contribution in [0, 0.1) is 16.7 Å². The molecule has 1 N–H and O–H groups in total.